The van der Waals surface area contributed by atoms with Gasteiger partial charge in [-0.2, -0.15) is 0 Å². The molecule has 0 bridgehead atoms. The Bertz CT molecular complexity index is 453. The number of pyridine rings is 1. The second kappa shape index (κ2) is 4.91. The Morgan fingerprint density at radius 2 is 2.27 bits per heavy atom. The normalized spacial score (nSPS) is 11.1. The smallest absolute Gasteiger partial charge is 0.217 e. The third-order valence-corrected chi connectivity index (χ3v) is 2.91. The molecule has 0 saturated carbocycles. The van der Waals surface area contributed by atoms with Gasteiger partial charge in [0.05, 0.1) is 10.6 Å². The molecule has 0 saturated heterocycles. The van der Waals surface area contributed by atoms with E-state index in [2.05, 4.69) is 29.8 Å². The van der Waals surface area contributed by atoms with Gasteiger partial charge in [0.2, 0.25) is 4.38 Å². The molecule has 82 valence electrons. The lowest BCUT2D eigenvalue weighted by Crippen LogP contribution is -2.01. The molecule has 0 aliphatic carbocycles. The maximum atomic E-state index is 11.1. The van der Waals surface area contributed by atoms with Gasteiger partial charge in [0.25, 0.3) is 0 Å². The summed E-state index contributed by atoms with van der Waals surface area (Å²) in [6.45, 7) is 0.187. The van der Waals surface area contributed by atoms with Gasteiger partial charge in [-0.05, 0) is 24.4 Å². The Morgan fingerprint density at radius 3 is 2.67 bits per heavy atom. The van der Waals surface area contributed by atoms with E-state index in [-0.39, 0.29) is 15.9 Å². The third kappa shape index (κ3) is 4.15. The lowest BCUT2D eigenvalue weighted by molar-refractivity contribution is 0.305. The molecule has 0 aromatic carbocycles. The quantitative estimate of drug-likeness (QED) is 0.656. The number of thiocarbonyl (C=S) groups is 1. The van der Waals surface area contributed by atoms with Crippen LogP contribution in [0.25, 0.3) is 0 Å². The van der Waals surface area contributed by atoms with Crippen LogP contribution in [0, 0.1) is 0 Å². The highest BCUT2D eigenvalue weighted by atomic mass is 32.2. The first-order chi connectivity index (χ1) is 6.89. The zero-order valence-corrected chi connectivity index (χ0v) is 10.4. The fourth-order valence-electron chi connectivity index (χ4n) is 0.851. The minimum atomic E-state index is -3.20. The van der Waals surface area contributed by atoms with Crippen molar-refractivity contribution >= 4 is 39.1 Å². The molecule has 1 heterocycles. The van der Waals surface area contributed by atoms with E-state index in [1.807, 2.05) is 0 Å². The molecule has 1 aromatic heterocycles. The van der Waals surface area contributed by atoms with Crippen molar-refractivity contribution in [1.82, 2.24) is 4.98 Å². The molecule has 0 atom stereocenters. The predicted octanol–water partition coefficient (Wildman–Crippen LogP) is 1.22. The highest BCUT2D eigenvalue weighted by molar-refractivity contribution is 8.10. The molecule has 7 heteroatoms. The fraction of sp³-hybridized carbons (Fsp3) is 0.250. The number of aromatic nitrogens is 1. The van der Waals surface area contributed by atoms with Crippen LogP contribution in [0.2, 0.25) is 0 Å². The topological polar surface area (TPSA) is 56.3 Å². The summed E-state index contributed by atoms with van der Waals surface area (Å²) in [6, 6.07) is 3.05. The van der Waals surface area contributed by atoms with E-state index < -0.39 is 9.84 Å². The highest BCUT2D eigenvalue weighted by Crippen LogP contribution is 2.08. The predicted molar refractivity (Wildman–Crippen MR) is 63.7 cm³/mol. The summed E-state index contributed by atoms with van der Waals surface area (Å²) in [6.07, 6.45) is 2.42. The van der Waals surface area contributed by atoms with Crippen molar-refractivity contribution in [1.29, 1.82) is 0 Å². The van der Waals surface area contributed by atoms with Crippen molar-refractivity contribution in [3.8, 4) is 0 Å². The van der Waals surface area contributed by atoms with Crippen molar-refractivity contribution in [2.75, 3.05) is 6.26 Å². The molecule has 15 heavy (non-hydrogen) atoms. The first-order valence-electron chi connectivity index (χ1n) is 3.90. The van der Waals surface area contributed by atoms with E-state index in [1.165, 1.54) is 12.3 Å². The zero-order valence-electron chi connectivity index (χ0n) is 7.87. The standard InChI is InChI=1S/C8H9NO3S3/c1-15(10,11)7-3-2-6(9-4-7)5-12-8(13)14/h2-4H,5H2,1H3,(H,13,14). The van der Waals surface area contributed by atoms with Crippen LogP contribution in [0.1, 0.15) is 5.69 Å². The Hall–Kier alpha value is -0.660. The van der Waals surface area contributed by atoms with Gasteiger partial charge in [-0.25, -0.2) is 8.42 Å². The lowest BCUT2D eigenvalue weighted by Gasteiger charge is -2.03. The average molecular weight is 263 g/mol. The number of thiol groups is 1. The maximum absolute atomic E-state index is 11.1. The summed E-state index contributed by atoms with van der Waals surface area (Å²) in [5, 5.41) is 0. The van der Waals surface area contributed by atoms with E-state index in [4.69, 9.17) is 4.74 Å². The summed E-state index contributed by atoms with van der Waals surface area (Å²) in [7, 11) is -3.20. The molecular formula is C8H9NO3S3. The Morgan fingerprint density at radius 1 is 1.60 bits per heavy atom. The van der Waals surface area contributed by atoms with Gasteiger partial charge in [-0.1, -0.05) is 12.6 Å². The summed E-state index contributed by atoms with van der Waals surface area (Å²) < 4.78 is 27.3. The summed E-state index contributed by atoms with van der Waals surface area (Å²) in [4.78, 5) is 4.10. The van der Waals surface area contributed by atoms with Crippen LogP contribution in [0.3, 0.4) is 0 Å². The number of sulfone groups is 1. The first kappa shape index (κ1) is 12.4. The van der Waals surface area contributed by atoms with E-state index in [1.54, 1.807) is 6.07 Å². The maximum Gasteiger partial charge on any atom is 0.217 e. The SMILES string of the molecule is CS(=O)(=O)c1ccc(COC(=S)S)nc1. The Balaban J connectivity index is 2.77. The number of hydrogen-bond donors (Lipinski definition) is 1. The van der Waals surface area contributed by atoms with Gasteiger partial charge in [0.1, 0.15) is 6.61 Å². The molecule has 0 radical (unpaired) electrons. The van der Waals surface area contributed by atoms with Crippen molar-refractivity contribution in [2.45, 2.75) is 11.5 Å². The monoisotopic (exact) mass is 263 g/mol. The van der Waals surface area contributed by atoms with E-state index in [9.17, 15) is 8.42 Å². The van der Waals surface area contributed by atoms with Crippen LogP contribution >= 0.6 is 24.8 Å². The molecule has 0 unspecified atom stereocenters. The van der Waals surface area contributed by atoms with E-state index >= 15 is 0 Å². The molecule has 0 N–H and O–H groups in total. The number of hydrogen-bond acceptors (Lipinski definition) is 5. The number of ether oxygens (including phenoxy) is 1. The van der Waals surface area contributed by atoms with Crippen LogP contribution in [-0.4, -0.2) is 24.0 Å². The molecule has 0 fully saturated rings. The molecule has 0 spiro atoms. The summed E-state index contributed by atoms with van der Waals surface area (Å²) >= 11 is 8.38. The largest absolute Gasteiger partial charge is 0.472 e. The minimum Gasteiger partial charge on any atom is -0.472 e. The van der Waals surface area contributed by atoms with Crippen LogP contribution in [0.15, 0.2) is 23.2 Å². The van der Waals surface area contributed by atoms with Crippen molar-refractivity contribution in [3.63, 3.8) is 0 Å². The minimum absolute atomic E-state index is 0.129. The third-order valence-electron chi connectivity index (χ3n) is 1.57. The number of rotatable bonds is 3. The zero-order chi connectivity index (χ0) is 11.5. The Labute approximate surface area is 99.0 Å². The van der Waals surface area contributed by atoms with E-state index in [0.717, 1.165) is 6.26 Å². The van der Waals surface area contributed by atoms with Gasteiger partial charge in [0, 0.05) is 12.5 Å². The molecule has 4 nitrogen and oxygen atoms in total. The van der Waals surface area contributed by atoms with Crippen molar-refractivity contribution in [2.24, 2.45) is 0 Å². The second-order valence-electron chi connectivity index (χ2n) is 2.81. The van der Waals surface area contributed by atoms with Crippen LogP contribution in [-0.2, 0) is 21.2 Å². The molecule has 1 rings (SSSR count). The van der Waals surface area contributed by atoms with Gasteiger partial charge in [-0.3, -0.25) is 4.98 Å². The summed E-state index contributed by atoms with van der Waals surface area (Å²) in [5.74, 6) is 0. The van der Waals surface area contributed by atoms with Gasteiger partial charge >= 0.3 is 0 Å². The molecule has 0 aliphatic heterocycles. The van der Waals surface area contributed by atoms with Crippen LogP contribution < -0.4 is 0 Å². The number of nitrogens with zero attached hydrogens (tertiary/aromatic N) is 1. The van der Waals surface area contributed by atoms with Crippen LogP contribution in [0.5, 0.6) is 0 Å². The van der Waals surface area contributed by atoms with Crippen molar-refractivity contribution in [3.05, 3.63) is 24.0 Å². The molecule has 0 amide bonds. The molecule has 1 aromatic rings. The summed E-state index contributed by atoms with van der Waals surface area (Å²) in [5.41, 5.74) is 0.596. The second-order valence-corrected chi connectivity index (χ2v) is 5.91. The average Bonchev–Trinajstić information content (AvgIpc) is 2.14. The van der Waals surface area contributed by atoms with Gasteiger partial charge < -0.3 is 4.74 Å². The lowest BCUT2D eigenvalue weighted by atomic mass is 10.4. The Kier molecular flexibility index (Phi) is 4.06. The first-order valence-corrected chi connectivity index (χ1v) is 6.65. The van der Waals surface area contributed by atoms with Gasteiger partial charge in [-0.15, -0.1) is 0 Å². The fourth-order valence-corrected chi connectivity index (χ4v) is 1.53. The highest BCUT2D eigenvalue weighted by Gasteiger charge is 2.07. The van der Waals surface area contributed by atoms with E-state index in [0.29, 0.717) is 5.69 Å². The van der Waals surface area contributed by atoms with Gasteiger partial charge in [0.15, 0.2) is 9.84 Å². The molecule has 0 aliphatic rings. The van der Waals surface area contributed by atoms with Crippen LogP contribution in [0.4, 0.5) is 0 Å². The molecular weight excluding hydrogens is 254 g/mol. The van der Waals surface area contributed by atoms with Crippen molar-refractivity contribution < 1.29 is 13.2 Å².